The van der Waals surface area contributed by atoms with Gasteiger partial charge in [-0.2, -0.15) is 5.10 Å². The lowest BCUT2D eigenvalue weighted by Gasteiger charge is -2.12. The Morgan fingerprint density at radius 1 is 0.893 bits per heavy atom. The Labute approximate surface area is 169 Å². The van der Waals surface area contributed by atoms with Gasteiger partial charge < -0.3 is 14.2 Å². The zero-order valence-corrected chi connectivity index (χ0v) is 18.3. The summed E-state index contributed by atoms with van der Waals surface area (Å²) in [5, 5.41) is 3.85. The van der Waals surface area contributed by atoms with Gasteiger partial charge in [0.05, 0.1) is 33.3 Å². The molecule has 0 aliphatic rings. The Morgan fingerprint density at radius 2 is 1.43 bits per heavy atom. The third kappa shape index (κ3) is 8.82. The molecule has 0 spiro atoms. The molecule has 8 heteroatoms. The molecule has 0 fully saturated rings. The van der Waals surface area contributed by atoms with E-state index in [-0.39, 0.29) is 5.75 Å². The average Bonchev–Trinajstić information content (AvgIpc) is 2.68. The molecule has 0 unspecified atom stereocenters. The van der Waals surface area contributed by atoms with Crippen LogP contribution in [0.2, 0.25) is 0 Å². The topological polar surface area (TPSA) is 86.2 Å². The van der Waals surface area contributed by atoms with Gasteiger partial charge in [0.1, 0.15) is 0 Å². The number of ether oxygens (including phenoxy) is 3. The Bertz CT molecular complexity index is 680. The lowest BCUT2D eigenvalue weighted by molar-refractivity contribution is 0.324. The summed E-state index contributed by atoms with van der Waals surface area (Å²) in [6.07, 6.45) is 10.2. The number of nitrogens with one attached hydrogen (secondary N) is 1. The van der Waals surface area contributed by atoms with Crippen LogP contribution in [0.3, 0.4) is 0 Å². The second-order valence-electron chi connectivity index (χ2n) is 6.60. The number of rotatable bonds is 15. The first kappa shape index (κ1) is 24.1. The van der Waals surface area contributed by atoms with Crippen molar-refractivity contribution in [2.45, 2.75) is 58.3 Å². The number of methoxy groups -OCH3 is 3. The molecule has 1 rings (SSSR count). The molecule has 0 atom stereocenters. The van der Waals surface area contributed by atoms with Crippen molar-refractivity contribution in [3.05, 3.63) is 17.7 Å². The second kappa shape index (κ2) is 13.3. The summed E-state index contributed by atoms with van der Waals surface area (Å²) in [5.41, 5.74) is 0.629. The molecule has 1 aromatic rings. The molecule has 0 amide bonds. The molecule has 0 heterocycles. The van der Waals surface area contributed by atoms with Crippen LogP contribution in [0.25, 0.3) is 0 Å². The minimum absolute atomic E-state index is 0.0779. The fourth-order valence-electron chi connectivity index (χ4n) is 2.83. The highest BCUT2D eigenvalue weighted by Gasteiger charge is 2.13. The summed E-state index contributed by atoms with van der Waals surface area (Å²) in [6, 6.07) is 3.38. The van der Waals surface area contributed by atoms with Crippen LogP contribution in [0.1, 0.15) is 63.9 Å². The van der Waals surface area contributed by atoms with Gasteiger partial charge in [0, 0.05) is 5.56 Å². The van der Waals surface area contributed by atoms with Gasteiger partial charge in [-0.3, -0.25) is 0 Å². The molecule has 1 N–H and O–H groups in total. The molecule has 0 aliphatic carbocycles. The first-order chi connectivity index (χ1) is 13.5. The minimum atomic E-state index is -3.43. The Kier molecular flexibility index (Phi) is 11.4. The standard InChI is InChI=1S/C20H34N2O5S/c1-5-6-7-8-9-10-11-12-13-28(23,24)22-21-16-17-14-18(25-2)20(27-4)19(15-17)26-3/h14-16,22H,5-13H2,1-4H3/b21-16-. The maximum Gasteiger partial charge on any atom is 0.247 e. The maximum absolute atomic E-state index is 12.0. The Balaban J connectivity index is 2.48. The number of hydrazone groups is 1. The van der Waals surface area contributed by atoms with Gasteiger partial charge in [-0.1, -0.05) is 51.9 Å². The Hall–Kier alpha value is -1.96. The monoisotopic (exact) mass is 414 g/mol. The van der Waals surface area contributed by atoms with Crippen molar-refractivity contribution >= 4 is 16.2 Å². The maximum atomic E-state index is 12.0. The number of unbranched alkanes of at least 4 members (excludes halogenated alkanes) is 7. The molecule has 0 radical (unpaired) electrons. The molecule has 0 saturated carbocycles. The van der Waals surface area contributed by atoms with Gasteiger partial charge in [-0.15, -0.1) is 0 Å². The largest absolute Gasteiger partial charge is 0.493 e. The molecule has 0 aliphatic heterocycles. The first-order valence-electron chi connectivity index (χ1n) is 9.80. The van der Waals surface area contributed by atoms with Crippen molar-refractivity contribution in [3.63, 3.8) is 0 Å². The van der Waals surface area contributed by atoms with E-state index in [4.69, 9.17) is 14.2 Å². The van der Waals surface area contributed by atoms with E-state index in [9.17, 15) is 8.42 Å². The van der Waals surface area contributed by atoms with E-state index in [2.05, 4.69) is 16.9 Å². The van der Waals surface area contributed by atoms with Crippen LogP contribution in [-0.4, -0.2) is 41.7 Å². The number of benzene rings is 1. The molecule has 0 bridgehead atoms. The predicted molar refractivity (Wildman–Crippen MR) is 113 cm³/mol. The van der Waals surface area contributed by atoms with Gasteiger partial charge in [-0.25, -0.2) is 13.2 Å². The third-order valence-electron chi connectivity index (χ3n) is 4.36. The van der Waals surface area contributed by atoms with E-state index < -0.39 is 10.0 Å². The van der Waals surface area contributed by atoms with E-state index in [1.54, 1.807) is 12.1 Å². The summed E-state index contributed by atoms with van der Waals surface area (Å²) in [7, 11) is 1.13. The summed E-state index contributed by atoms with van der Waals surface area (Å²) < 4.78 is 39.9. The molecule has 160 valence electrons. The average molecular weight is 415 g/mol. The molecule has 1 aromatic carbocycles. The highest BCUT2D eigenvalue weighted by atomic mass is 32.2. The Morgan fingerprint density at radius 3 is 1.93 bits per heavy atom. The first-order valence-corrected chi connectivity index (χ1v) is 11.4. The van der Waals surface area contributed by atoms with Crippen molar-refractivity contribution < 1.29 is 22.6 Å². The summed E-state index contributed by atoms with van der Waals surface area (Å²) in [4.78, 5) is 2.26. The molecular weight excluding hydrogens is 380 g/mol. The number of sulfonamides is 1. The van der Waals surface area contributed by atoms with Crippen LogP contribution in [0.4, 0.5) is 0 Å². The normalized spacial score (nSPS) is 11.6. The van der Waals surface area contributed by atoms with Crippen molar-refractivity contribution in [3.8, 4) is 17.2 Å². The highest BCUT2D eigenvalue weighted by molar-refractivity contribution is 7.89. The van der Waals surface area contributed by atoms with Crippen LogP contribution in [0, 0.1) is 0 Å². The van der Waals surface area contributed by atoms with Crippen molar-refractivity contribution in [1.29, 1.82) is 0 Å². The van der Waals surface area contributed by atoms with Gasteiger partial charge in [0.2, 0.25) is 15.8 Å². The van der Waals surface area contributed by atoms with E-state index in [1.165, 1.54) is 59.6 Å². The SMILES string of the molecule is CCCCCCCCCCS(=O)(=O)N/N=C\c1cc(OC)c(OC)c(OC)c1. The van der Waals surface area contributed by atoms with Crippen LogP contribution in [-0.2, 0) is 10.0 Å². The van der Waals surface area contributed by atoms with E-state index in [1.807, 2.05) is 0 Å². The molecule has 28 heavy (non-hydrogen) atoms. The van der Waals surface area contributed by atoms with Crippen molar-refractivity contribution in [2.24, 2.45) is 5.10 Å². The lowest BCUT2D eigenvalue weighted by atomic mass is 10.1. The number of hydrogen-bond donors (Lipinski definition) is 1. The summed E-state index contributed by atoms with van der Waals surface area (Å²) in [5.74, 6) is 1.50. The zero-order chi connectivity index (χ0) is 20.8. The van der Waals surface area contributed by atoms with Crippen molar-refractivity contribution in [2.75, 3.05) is 27.1 Å². The second-order valence-corrected chi connectivity index (χ2v) is 8.42. The quantitative estimate of drug-likeness (QED) is 0.265. The predicted octanol–water partition coefficient (Wildman–Crippen LogP) is 4.11. The highest BCUT2D eigenvalue weighted by Crippen LogP contribution is 2.37. The van der Waals surface area contributed by atoms with E-state index >= 15 is 0 Å². The van der Waals surface area contributed by atoms with Crippen LogP contribution >= 0.6 is 0 Å². The number of hydrogen-bond acceptors (Lipinski definition) is 6. The summed E-state index contributed by atoms with van der Waals surface area (Å²) in [6.45, 7) is 2.20. The fraction of sp³-hybridized carbons (Fsp3) is 0.650. The molecule has 7 nitrogen and oxygen atoms in total. The third-order valence-corrected chi connectivity index (χ3v) is 5.57. The van der Waals surface area contributed by atoms with Crippen LogP contribution < -0.4 is 19.0 Å². The van der Waals surface area contributed by atoms with Crippen LogP contribution in [0.15, 0.2) is 17.2 Å². The van der Waals surface area contributed by atoms with Crippen LogP contribution in [0.5, 0.6) is 17.2 Å². The zero-order valence-electron chi connectivity index (χ0n) is 17.5. The lowest BCUT2D eigenvalue weighted by Crippen LogP contribution is -2.21. The minimum Gasteiger partial charge on any atom is -0.493 e. The van der Waals surface area contributed by atoms with Gasteiger partial charge in [-0.05, 0) is 18.6 Å². The van der Waals surface area contributed by atoms with E-state index in [0.717, 1.165) is 12.8 Å². The van der Waals surface area contributed by atoms with Crippen molar-refractivity contribution in [1.82, 2.24) is 4.83 Å². The molecule has 0 aromatic heterocycles. The summed E-state index contributed by atoms with van der Waals surface area (Å²) >= 11 is 0. The van der Waals surface area contributed by atoms with E-state index in [0.29, 0.717) is 29.2 Å². The molecule has 0 saturated heterocycles. The van der Waals surface area contributed by atoms with Gasteiger partial charge in [0.15, 0.2) is 11.5 Å². The van der Waals surface area contributed by atoms with Gasteiger partial charge in [0.25, 0.3) is 0 Å². The number of nitrogens with zero attached hydrogens (tertiary/aromatic N) is 1. The fourth-order valence-corrected chi connectivity index (χ4v) is 3.72. The molecular formula is C20H34N2O5S. The smallest absolute Gasteiger partial charge is 0.247 e. The van der Waals surface area contributed by atoms with Gasteiger partial charge >= 0.3 is 0 Å².